The fraction of sp³-hybridized carbons (Fsp3) is 0.500. The Labute approximate surface area is 128 Å². The number of piperidine rings is 1. The highest BCUT2D eigenvalue weighted by atomic mass is 79.9. The molecule has 6 heteroatoms. The average Bonchev–Trinajstić information content (AvgIpc) is 2.45. The van der Waals surface area contributed by atoms with Gasteiger partial charge in [-0.15, -0.1) is 0 Å². The van der Waals surface area contributed by atoms with Crippen LogP contribution < -0.4 is 10.6 Å². The molecule has 1 saturated heterocycles. The van der Waals surface area contributed by atoms with Crippen LogP contribution in [0.25, 0.3) is 0 Å². The lowest BCUT2D eigenvalue weighted by molar-refractivity contribution is 0.248. The van der Waals surface area contributed by atoms with E-state index in [9.17, 15) is 0 Å². The highest BCUT2D eigenvalue weighted by Crippen LogP contribution is 2.29. The van der Waals surface area contributed by atoms with Gasteiger partial charge in [0.2, 0.25) is 0 Å². The lowest BCUT2D eigenvalue weighted by atomic mass is 10.0. The molecule has 3 N–H and O–H groups in total. The number of likely N-dealkylation sites (tertiary alicyclic amines) is 1. The van der Waals surface area contributed by atoms with Gasteiger partial charge >= 0.3 is 0 Å². The summed E-state index contributed by atoms with van der Waals surface area (Å²) in [4.78, 5) is 4.67. The predicted octanol–water partition coefficient (Wildman–Crippen LogP) is 2.07. The van der Waals surface area contributed by atoms with E-state index in [1.807, 2.05) is 18.2 Å². The molecule has 0 aromatic heterocycles. The first-order valence-corrected chi connectivity index (χ1v) is 7.51. The second-order valence-electron chi connectivity index (χ2n) is 5.32. The highest BCUT2D eigenvalue weighted by molar-refractivity contribution is 9.10. The van der Waals surface area contributed by atoms with Gasteiger partial charge < -0.3 is 20.7 Å². The summed E-state index contributed by atoms with van der Waals surface area (Å²) in [5.74, 6) is 0.123. The summed E-state index contributed by atoms with van der Waals surface area (Å²) in [7, 11) is 4.28. The van der Waals surface area contributed by atoms with Crippen LogP contribution in [0.5, 0.6) is 0 Å². The largest absolute Gasteiger partial charge is 0.409 e. The first-order valence-electron chi connectivity index (χ1n) is 6.71. The zero-order chi connectivity index (χ0) is 14.7. The Morgan fingerprint density at radius 1 is 1.55 bits per heavy atom. The average molecular weight is 341 g/mol. The number of oxime groups is 1. The second kappa shape index (κ2) is 6.45. The van der Waals surface area contributed by atoms with Crippen LogP contribution >= 0.6 is 15.9 Å². The van der Waals surface area contributed by atoms with Crippen molar-refractivity contribution in [2.45, 2.75) is 18.9 Å². The van der Waals surface area contributed by atoms with Crippen molar-refractivity contribution in [3.8, 4) is 0 Å². The van der Waals surface area contributed by atoms with Crippen molar-refractivity contribution in [3.63, 3.8) is 0 Å². The SMILES string of the molecule is CN1CCCC(N(C)c2ccc(/C(N)=N/O)cc2Br)C1. The van der Waals surface area contributed by atoms with Gasteiger partial charge in [0, 0.05) is 29.7 Å². The van der Waals surface area contributed by atoms with E-state index in [2.05, 4.69) is 45.0 Å². The van der Waals surface area contributed by atoms with Crippen LogP contribution in [0.3, 0.4) is 0 Å². The topological polar surface area (TPSA) is 65.1 Å². The number of nitrogens with two attached hydrogens (primary N) is 1. The minimum atomic E-state index is 0.123. The van der Waals surface area contributed by atoms with E-state index in [1.54, 1.807) is 0 Å². The fourth-order valence-corrected chi connectivity index (χ4v) is 3.32. The summed E-state index contributed by atoms with van der Waals surface area (Å²) in [5.41, 5.74) is 7.44. The third-order valence-electron chi connectivity index (χ3n) is 3.88. The number of likely N-dealkylation sites (N-methyl/N-ethyl adjacent to an activating group) is 2. The van der Waals surface area contributed by atoms with Crippen molar-refractivity contribution in [1.82, 2.24) is 4.90 Å². The van der Waals surface area contributed by atoms with E-state index < -0.39 is 0 Å². The van der Waals surface area contributed by atoms with Crippen LogP contribution in [0.2, 0.25) is 0 Å². The van der Waals surface area contributed by atoms with Gasteiger partial charge in [0.05, 0.1) is 5.69 Å². The predicted molar refractivity (Wildman–Crippen MR) is 85.6 cm³/mol. The maximum Gasteiger partial charge on any atom is 0.170 e. The molecule has 1 aliphatic heterocycles. The maximum atomic E-state index is 8.72. The molecule has 1 aromatic rings. The molecule has 0 amide bonds. The Bertz CT molecular complexity index is 506. The molecule has 1 aromatic carbocycles. The van der Waals surface area contributed by atoms with E-state index in [0.717, 1.165) is 16.7 Å². The molecular formula is C14H21BrN4O. The lowest BCUT2D eigenvalue weighted by Gasteiger charge is -2.37. The molecule has 110 valence electrons. The van der Waals surface area contributed by atoms with Crippen LogP contribution in [-0.4, -0.2) is 49.2 Å². The Kier molecular flexibility index (Phi) is 4.88. The Balaban J connectivity index is 2.20. The quantitative estimate of drug-likeness (QED) is 0.382. The molecule has 1 unspecified atom stereocenters. The molecule has 0 bridgehead atoms. The summed E-state index contributed by atoms with van der Waals surface area (Å²) in [6.45, 7) is 2.25. The molecular weight excluding hydrogens is 320 g/mol. The molecule has 5 nitrogen and oxygen atoms in total. The Hall–Kier alpha value is -1.27. The van der Waals surface area contributed by atoms with Gasteiger partial charge in [-0.3, -0.25) is 0 Å². The van der Waals surface area contributed by atoms with Gasteiger partial charge in [0.15, 0.2) is 5.84 Å². The number of hydrogen-bond acceptors (Lipinski definition) is 4. The number of nitrogens with zero attached hydrogens (tertiary/aromatic N) is 3. The van der Waals surface area contributed by atoms with Gasteiger partial charge in [0.25, 0.3) is 0 Å². The smallest absolute Gasteiger partial charge is 0.170 e. The molecule has 1 fully saturated rings. The molecule has 0 spiro atoms. The van der Waals surface area contributed by atoms with Crippen LogP contribution in [-0.2, 0) is 0 Å². The van der Waals surface area contributed by atoms with Crippen molar-refractivity contribution in [3.05, 3.63) is 28.2 Å². The first-order chi connectivity index (χ1) is 9.52. The van der Waals surface area contributed by atoms with Gasteiger partial charge in [-0.25, -0.2) is 0 Å². The van der Waals surface area contributed by atoms with Crippen LogP contribution in [0.1, 0.15) is 18.4 Å². The monoisotopic (exact) mass is 340 g/mol. The number of hydrogen-bond donors (Lipinski definition) is 2. The minimum Gasteiger partial charge on any atom is -0.409 e. The molecule has 0 saturated carbocycles. The molecule has 2 rings (SSSR count). The number of rotatable bonds is 3. The van der Waals surface area contributed by atoms with Crippen LogP contribution in [0, 0.1) is 0 Å². The van der Waals surface area contributed by atoms with Crippen molar-refractivity contribution >= 4 is 27.5 Å². The van der Waals surface area contributed by atoms with Crippen molar-refractivity contribution in [2.75, 3.05) is 32.1 Å². The molecule has 1 aliphatic rings. The molecule has 1 atom stereocenters. The number of amidine groups is 1. The van der Waals surface area contributed by atoms with E-state index in [-0.39, 0.29) is 5.84 Å². The van der Waals surface area contributed by atoms with E-state index >= 15 is 0 Å². The highest BCUT2D eigenvalue weighted by Gasteiger charge is 2.22. The van der Waals surface area contributed by atoms with E-state index in [4.69, 9.17) is 10.9 Å². The minimum absolute atomic E-state index is 0.123. The summed E-state index contributed by atoms with van der Waals surface area (Å²) in [6, 6.07) is 6.28. The summed E-state index contributed by atoms with van der Waals surface area (Å²) in [6.07, 6.45) is 2.43. The normalized spacial score (nSPS) is 20.9. The van der Waals surface area contributed by atoms with Gasteiger partial charge in [-0.05, 0) is 60.6 Å². The molecule has 20 heavy (non-hydrogen) atoms. The summed E-state index contributed by atoms with van der Waals surface area (Å²) in [5, 5.41) is 11.7. The number of halogens is 1. The number of anilines is 1. The third kappa shape index (κ3) is 3.24. The van der Waals surface area contributed by atoms with E-state index in [1.165, 1.54) is 19.4 Å². The van der Waals surface area contributed by atoms with Gasteiger partial charge in [0.1, 0.15) is 0 Å². The van der Waals surface area contributed by atoms with Crippen molar-refractivity contribution in [2.24, 2.45) is 10.9 Å². The number of benzene rings is 1. The standard InChI is InChI=1S/C14H21BrN4O/c1-18-7-3-4-11(9-18)19(2)13-6-5-10(8-12(13)15)14(16)17-20/h5-6,8,11,20H,3-4,7,9H2,1-2H3,(H2,16,17). The molecule has 0 aliphatic carbocycles. The van der Waals surface area contributed by atoms with Crippen LogP contribution in [0.4, 0.5) is 5.69 Å². The molecule has 0 radical (unpaired) electrons. The fourth-order valence-electron chi connectivity index (χ4n) is 2.66. The summed E-state index contributed by atoms with van der Waals surface area (Å²) >= 11 is 3.58. The first kappa shape index (κ1) is 15.1. The third-order valence-corrected chi connectivity index (χ3v) is 4.51. The Morgan fingerprint density at radius 3 is 2.90 bits per heavy atom. The zero-order valence-corrected chi connectivity index (χ0v) is 13.5. The molecule has 1 heterocycles. The van der Waals surface area contributed by atoms with Crippen LogP contribution in [0.15, 0.2) is 27.8 Å². The van der Waals surface area contributed by atoms with Gasteiger partial charge in [-0.2, -0.15) is 0 Å². The summed E-state index contributed by atoms with van der Waals surface area (Å²) < 4.78 is 0.956. The lowest BCUT2D eigenvalue weighted by Crippen LogP contribution is -2.45. The second-order valence-corrected chi connectivity index (χ2v) is 6.17. The van der Waals surface area contributed by atoms with Crippen molar-refractivity contribution < 1.29 is 5.21 Å². The maximum absolute atomic E-state index is 8.72. The van der Waals surface area contributed by atoms with Crippen molar-refractivity contribution in [1.29, 1.82) is 0 Å². The van der Waals surface area contributed by atoms with E-state index in [0.29, 0.717) is 11.6 Å². The Morgan fingerprint density at radius 2 is 2.30 bits per heavy atom. The zero-order valence-electron chi connectivity index (χ0n) is 11.9. The van der Waals surface area contributed by atoms with Gasteiger partial charge in [-0.1, -0.05) is 5.16 Å².